The minimum Gasteiger partial charge on any atom is -0.444 e. The monoisotopic (exact) mass is 475 g/mol. The lowest BCUT2D eigenvalue weighted by Gasteiger charge is -2.22. The van der Waals surface area contributed by atoms with E-state index in [0.717, 1.165) is 18.6 Å². The van der Waals surface area contributed by atoms with Gasteiger partial charge in [0.2, 0.25) is 21.8 Å². The third-order valence-electron chi connectivity index (χ3n) is 4.74. The quantitative estimate of drug-likeness (QED) is 0.288. The highest BCUT2D eigenvalue weighted by Crippen LogP contribution is 2.40. The summed E-state index contributed by atoms with van der Waals surface area (Å²) in [6.45, 7) is 5.21. The van der Waals surface area contributed by atoms with E-state index in [0.29, 0.717) is 25.0 Å². The maximum atomic E-state index is 12.0. The van der Waals surface area contributed by atoms with E-state index in [9.17, 15) is 22.8 Å². The van der Waals surface area contributed by atoms with Crippen molar-refractivity contribution in [1.82, 2.24) is 10.0 Å². The number of carbonyl (C=O) groups is 3. The molecule has 2 fully saturated rings. The fourth-order valence-corrected chi connectivity index (χ4v) is 5.20. The van der Waals surface area contributed by atoms with Gasteiger partial charge in [-0.3, -0.25) is 14.3 Å². The number of hydrogen-bond acceptors (Lipinski definition) is 7. The van der Waals surface area contributed by atoms with Gasteiger partial charge in [0.1, 0.15) is 11.6 Å². The van der Waals surface area contributed by atoms with E-state index < -0.39 is 44.8 Å². The molecular formula is C20H33N3O6S2. The first-order valence-corrected chi connectivity index (χ1v) is 13.2. The molecule has 4 N–H and O–H groups in total. The van der Waals surface area contributed by atoms with Gasteiger partial charge in [-0.25, -0.2) is 13.2 Å². The molecule has 176 valence electrons. The van der Waals surface area contributed by atoms with Crippen LogP contribution >= 0.6 is 11.8 Å². The Kier molecular flexibility index (Phi) is 8.82. The number of allylic oxidation sites excluding steroid dienone is 2. The Morgan fingerprint density at radius 2 is 1.94 bits per heavy atom. The average Bonchev–Trinajstić information content (AvgIpc) is 3.51. The molecular weight excluding hydrogens is 442 g/mol. The van der Waals surface area contributed by atoms with Crippen molar-refractivity contribution < 1.29 is 27.5 Å². The predicted octanol–water partition coefficient (Wildman–Crippen LogP) is 1.68. The summed E-state index contributed by atoms with van der Waals surface area (Å²) in [4.78, 5) is 35.3. The van der Waals surface area contributed by atoms with Crippen LogP contribution in [0.25, 0.3) is 0 Å². The Bertz CT molecular complexity index is 802. The van der Waals surface area contributed by atoms with Gasteiger partial charge in [-0.1, -0.05) is 12.2 Å². The van der Waals surface area contributed by atoms with Crippen molar-refractivity contribution >= 4 is 39.7 Å². The Morgan fingerprint density at radius 3 is 2.52 bits per heavy atom. The topological polar surface area (TPSA) is 145 Å². The van der Waals surface area contributed by atoms with Gasteiger partial charge in [-0.2, -0.15) is 11.8 Å². The van der Waals surface area contributed by atoms with Gasteiger partial charge >= 0.3 is 6.09 Å². The van der Waals surface area contributed by atoms with Crippen molar-refractivity contribution in [3.8, 4) is 0 Å². The predicted molar refractivity (Wildman–Crippen MR) is 120 cm³/mol. The van der Waals surface area contributed by atoms with Gasteiger partial charge < -0.3 is 15.8 Å². The summed E-state index contributed by atoms with van der Waals surface area (Å²) in [7, 11) is -3.47. The van der Waals surface area contributed by atoms with Crippen LogP contribution in [-0.2, 0) is 24.3 Å². The van der Waals surface area contributed by atoms with E-state index in [-0.39, 0.29) is 11.8 Å². The second-order valence-corrected chi connectivity index (χ2v) is 12.1. The van der Waals surface area contributed by atoms with E-state index in [4.69, 9.17) is 10.5 Å². The molecule has 0 spiro atoms. The number of sulfonamides is 1. The summed E-state index contributed by atoms with van der Waals surface area (Å²) < 4.78 is 30.9. The number of ether oxygens (including phenoxy) is 1. The molecule has 11 heteroatoms. The zero-order valence-electron chi connectivity index (χ0n) is 18.3. The summed E-state index contributed by atoms with van der Waals surface area (Å²) in [6, 6.07) is -0.798. The molecule has 0 aromatic rings. The van der Waals surface area contributed by atoms with Gasteiger partial charge in [0.15, 0.2) is 0 Å². The van der Waals surface area contributed by atoms with Crippen molar-refractivity contribution in [1.29, 1.82) is 0 Å². The molecule has 2 rings (SSSR count). The molecule has 2 aliphatic carbocycles. The minimum atomic E-state index is -3.47. The number of thioether (sulfide) groups is 1. The lowest BCUT2D eigenvalue weighted by atomic mass is 10.2. The average molecular weight is 476 g/mol. The van der Waals surface area contributed by atoms with Gasteiger partial charge in [-0.05, 0) is 64.5 Å². The van der Waals surface area contributed by atoms with E-state index in [1.54, 1.807) is 20.8 Å². The maximum absolute atomic E-state index is 12.0. The summed E-state index contributed by atoms with van der Waals surface area (Å²) in [5.41, 5.74) is 4.69. The molecule has 0 radical (unpaired) electrons. The molecule has 3 amide bonds. The molecule has 2 saturated carbocycles. The highest BCUT2D eigenvalue weighted by atomic mass is 32.2. The Hall–Kier alpha value is -1.75. The van der Waals surface area contributed by atoms with Crippen LogP contribution in [0.5, 0.6) is 0 Å². The molecule has 0 aromatic carbocycles. The first kappa shape index (κ1) is 25.5. The fraction of sp³-hybridized carbons (Fsp3) is 0.750. The molecule has 3 atom stereocenters. The number of nitrogens with two attached hydrogens (primary N) is 1. The molecule has 0 aromatic heterocycles. The van der Waals surface area contributed by atoms with Crippen LogP contribution in [0, 0.1) is 11.8 Å². The van der Waals surface area contributed by atoms with Crippen LogP contribution in [0.15, 0.2) is 12.2 Å². The summed E-state index contributed by atoms with van der Waals surface area (Å²) in [6.07, 6.45) is 6.89. The van der Waals surface area contributed by atoms with Gasteiger partial charge in [-0.15, -0.1) is 0 Å². The Balaban J connectivity index is 1.58. The Labute approximate surface area is 188 Å². The zero-order valence-corrected chi connectivity index (χ0v) is 19.9. The summed E-state index contributed by atoms with van der Waals surface area (Å²) in [5.74, 6) is -0.0300. The second-order valence-electron chi connectivity index (χ2n) is 8.96. The van der Waals surface area contributed by atoms with Crippen molar-refractivity contribution in [2.24, 2.45) is 17.6 Å². The van der Waals surface area contributed by atoms with Crippen molar-refractivity contribution in [3.05, 3.63) is 12.2 Å². The highest BCUT2D eigenvalue weighted by molar-refractivity contribution is 7.99. The number of alkyl carbamates (subject to hydrolysis) is 1. The normalized spacial score (nSPS) is 22.0. The number of amides is 3. The minimum absolute atomic E-state index is 0.0966. The third kappa shape index (κ3) is 9.51. The largest absolute Gasteiger partial charge is 0.444 e. The molecule has 0 aliphatic heterocycles. The lowest BCUT2D eigenvalue weighted by molar-refractivity contribution is -0.121. The van der Waals surface area contributed by atoms with Crippen molar-refractivity contribution in [2.45, 2.75) is 69.8 Å². The van der Waals surface area contributed by atoms with E-state index in [1.807, 2.05) is 12.2 Å². The first-order valence-electron chi connectivity index (χ1n) is 10.5. The fourth-order valence-electron chi connectivity index (χ4n) is 2.83. The lowest BCUT2D eigenvalue weighted by Crippen LogP contribution is -2.47. The third-order valence-corrected chi connectivity index (χ3v) is 7.73. The Morgan fingerprint density at radius 1 is 1.26 bits per heavy atom. The number of unbranched alkanes of at least 4 members (excludes halogenated alkanes) is 1. The highest BCUT2D eigenvalue weighted by Gasteiger charge is 2.44. The standard InChI is InChI=1S/C20H33N3O6S2/c1-20(2,3)29-19(26)22-16(17(21)24)12-30-10-6-4-5-7-13-11-15(13)18(25)23-31(27,28)14-8-9-14/h5,7,13-16H,4,6,8-12H2,1-3H3,(H2,21,24)(H,22,26)(H,23,25)/b7-5-/t13-,15+,16+/m1/s1. The number of carbonyl (C=O) groups excluding carboxylic acids is 3. The second kappa shape index (κ2) is 10.7. The number of nitrogens with one attached hydrogen (secondary N) is 2. The number of rotatable bonds is 12. The smallest absolute Gasteiger partial charge is 0.408 e. The zero-order chi connectivity index (χ0) is 23.2. The summed E-state index contributed by atoms with van der Waals surface area (Å²) in [5, 5.41) is 2.10. The van der Waals surface area contributed by atoms with Crippen molar-refractivity contribution in [2.75, 3.05) is 11.5 Å². The molecule has 31 heavy (non-hydrogen) atoms. The summed E-state index contributed by atoms with van der Waals surface area (Å²) >= 11 is 1.51. The molecule has 0 heterocycles. The van der Waals surface area contributed by atoms with Crippen LogP contribution in [0.1, 0.15) is 52.9 Å². The molecule has 0 bridgehead atoms. The SMILES string of the molecule is CC(C)(C)OC(=O)N[C@@H](CSCCC/C=C\[C@@H]1C[C@@H]1C(=O)NS(=O)(=O)C1CC1)C(N)=O. The maximum Gasteiger partial charge on any atom is 0.408 e. The van der Waals surface area contributed by atoms with Crippen LogP contribution in [-0.4, -0.2) is 54.7 Å². The van der Waals surface area contributed by atoms with Crippen molar-refractivity contribution in [3.63, 3.8) is 0 Å². The van der Waals surface area contributed by atoms with E-state index in [1.165, 1.54) is 11.8 Å². The van der Waals surface area contributed by atoms with Gasteiger partial charge in [0.25, 0.3) is 0 Å². The molecule has 0 unspecified atom stereocenters. The van der Waals surface area contributed by atoms with E-state index >= 15 is 0 Å². The van der Waals surface area contributed by atoms with Crippen LogP contribution in [0.3, 0.4) is 0 Å². The molecule has 0 saturated heterocycles. The molecule has 2 aliphatic rings. The molecule has 9 nitrogen and oxygen atoms in total. The van der Waals surface area contributed by atoms with Crippen LogP contribution in [0.2, 0.25) is 0 Å². The van der Waals surface area contributed by atoms with Gasteiger partial charge in [0.05, 0.1) is 5.25 Å². The van der Waals surface area contributed by atoms with Crippen LogP contribution < -0.4 is 15.8 Å². The van der Waals surface area contributed by atoms with Crippen LogP contribution in [0.4, 0.5) is 4.79 Å². The van der Waals surface area contributed by atoms with Gasteiger partial charge in [0, 0.05) is 11.7 Å². The number of hydrogen-bond donors (Lipinski definition) is 3. The van der Waals surface area contributed by atoms with E-state index in [2.05, 4.69) is 10.0 Å². The number of primary amides is 1. The first-order chi connectivity index (χ1) is 14.4.